The smallest absolute Gasteiger partial charge is 0.191 e. The first-order valence-electron chi connectivity index (χ1n) is 7.87. The number of methoxy groups -OCH3 is 1. The first kappa shape index (κ1) is 16.1. The van der Waals surface area contributed by atoms with Gasteiger partial charge in [0.1, 0.15) is 11.6 Å². The Labute approximate surface area is 140 Å². The Morgan fingerprint density at radius 3 is 2.83 bits per heavy atom. The van der Waals surface area contributed by atoms with Crippen molar-refractivity contribution in [3.63, 3.8) is 0 Å². The van der Waals surface area contributed by atoms with Gasteiger partial charge in [-0.3, -0.25) is 4.79 Å². The molecule has 1 aliphatic rings. The maximum absolute atomic E-state index is 12.5. The lowest BCUT2D eigenvalue weighted by molar-refractivity contribution is 0.101. The number of carbonyl (C=O) groups is 1. The molecule has 122 valence electrons. The van der Waals surface area contributed by atoms with Crippen molar-refractivity contribution in [2.24, 2.45) is 0 Å². The molecular formula is C17H21N3O2S. The second-order valence-corrected chi connectivity index (χ2v) is 6.72. The van der Waals surface area contributed by atoms with Crippen molar-refractivity contribution >= 4 is 17.5 Å². The SMILES string of the molecule is CCn1c(SCC(=O)c2cc(C)ccc2OC)nnc1C1CC1. The van der Waals surface area contributed by atoms with Crippen molar-refractivity contribution in [2.75, 3.05) is 12.9 Å². The largest absolute Gasteiger partial charge is 0.496 e. The van der Waals surface area contributed by atoms with Crippen molar-refractivity contribution < 1.29 is 9.53 Å². The number of ether oxygens (including phenoxy) is 1. The molecule has 0 atom stereocenters. The van der Waals surface area contributed by atoms with Crippen LogP contribution in [0.1, 0.15) is 47.4 Å². The van der Waals surface area contributed by atoms with Crippen LogP contribution in [-0.4, -0.2) is 33.4 Å². The molecule has 0 bridgehead atoms. The Balaban J connectivity index is 1.73. The Kier molecular flexibility index (Phi) is 4.71. The van der Waals surface area contributed by atoms with Gasteiger partial charge in [-0.15, -0.1) is 10.2 Å². The van der Waals surface area contributed by atoms with E-state index in [0.29, 0.717) is 23.0 Å². The zero-order valence-corrected chi connectivity index (χ0v) is 14.5. The fraction of sp³-hybridized carbons (Fsp3) is 0.471. The Morgan fingerprint density at radius 1 is 1.39 bits per heavy atom. The van der Waals surface area contributed by atoms with E-state index in [1.807, 2.05) is 25.1 Å². The summed E-state index contributed by atoms with van der Waals surface area (Å²) in [5, 5.41) is 9.40. The van der Waals surface area contributed by atoms with Crippen LogP contribution in [0.5, 0.6) is 5.75 Å². The lowest BCUT2D eigenvalue weighted by Crippen LogP contribution is -2.07. The number of rotatable bonds is 7. The molecule has 1 heterocycles. The van der Waals surface area contributed by atoms with Crippen molar-refractivity contribution in [1.82, 2.24) is 14.8 Å². The van der Waals surface area contributed by atoms with Crippen LogP contribution in [0, 0.1) is 6.92 Å². The van der Waals surface area contributed by atoms with Crippen LogP contribution in [0.25, 0.3) is 0 Å². The summed E-state index contributed by atoms with van der Waals surface area (Å²) in [5.41, 5.74) is 1.68. The molecule has 1 aliphatic carbocycles. The van der Waals surface area contributed by atoms with Crippen LogP contribution in [0.4, 0.5) is 0 Å². The van der Waals surface area contributed by atoms with Crippen LogP contribution in [0.3, 0.4) is 0 Å². The average Bonchev–Trinajstić information content (AvgIpc) is 3.32. The Hall–Kier alpha value is -1.82. The molecule has 0 spiro atoms. The maximum atomic E-state index is 12.5. The second-order valence-electron chi connectivity index (χ2n) is 5.77. The van der Waals surface area contributed by atoms with E-state index in [0.717, 1.165) is 23.1 Å². The number of nitrogens with zero attached hydrogens (tertiary/aromatic N) is 3. The summed E-state index contributed by atoms with van der Waals surface area (Å²) < 4.78 is 7.43. The van der Waals surface area contributed by atoms with Gasteiger partial charge < -0.3 is 9.30 Å². The average molecular weight is 331 g/mol. The molecule has 1 aromatic carbocycles. The molecule has 0 unspecified atom stereocenters. The number of benzene rings is 1. The monoisotopic (exact) mass is 331 g/mol. The number of aromatic nitrogens is 3. The summed E-state index contributed by atoms with van der Waals surface area (Å²) in [6.07, 6.45) is 2.39. The first-order valence-corrected chi connectivity index (χ1v) is 8.86. The van der Waals surface area contributed by atoms with Crippen molar-refractivity contribution in [3.05, 3.63) is 35.2 Å². The number of hydrogen-bond acceptors (Lipinski definition) is 5. The van der Waals surface area contributed by atoms with Gasteiger partial charge >= 0.3 is 0 Å². The number of Topliss-reactive ketones (excluding diaryl/α,β-unsaturated/α-hetero) is 1. The van der Waals surface area contributed by atoms with Crippen LogP contribution >= 0.6 is 11.8 Å². The number of hydrogen-bond donors (Lipinski definition) is 0. The van der Waals surface area contributed by atoms with Crippen molar-refractivity contribution in [2.45, 2.75) is 44.3 Å². The van der Waals surface area contributed by atoms with E-state index in [1.54, 1.807) is 7.11 Å². The molecule has 6 heteroatoms. The minimum atomic E-state index is 0.0502. The highest BCUT2D eigenvalue weighted by Gasteiger charge is 2.30. The third-order valence-electron chi connectivity index (χ3n) is 3.99. The predicted molar refractivity (Wildman–Crippen MR) is 90.5 cm³/mol. The molecule has 0 amide bonds. The molecule has 2 aromatic rings. The lowest BCUT2D eigenvalue weighted by Gasteiger charge is -2.09. The number of carbonyl (C=O) groups excluding carboxylic acids is 1. The number of ketones is 1. The van der Waals surface area contributed by atoms with Crippen LogP contribution in [-0.2, 0) is 6.54 Å². The van der Waals surface area contributed by atoms with Gasteiger partial charge in [0.05, 0.1) is 18.4 Å². The number of aryl methyl sites for hydroxylation is 1. The standard InChI is InChI=1S/C17H21N3O2S/c1-4-20-16(12-6-7-12)18-19-17(20)23-10-14(21)13-9-11(2)5-8-15(13)22-3/h5,8-9,12H,4,6-7,10H2,1-3H3. The highest BCUT2D eigenvalue weighted by Crippen LogP contribution is 2.40. The van der Waals surface area contributed by atoms with E-state index >= 15 is 0 Å². The van der Waals surface area contributed by atoms with Gasteiger partial charge in [-0.25, -0.2) is 0 Å². The van der Waals surface area contributed by atoms with Gasteiger partial charge in [0.15, 0.2) is 10.9 Å². The molecular weight excluding hydrogens is 310 g/mol. The normalized spacial score (nSPS) is 14.0. The first-order chi connectivity index (χ1) is 11.1. The predicted octanol–water partition coefficient (Wildman–Crippen LogP) is 3.47. The molecule has 5 nitrogen and oxygen atoms in total. The second kappa shape index (κ2) is 6.74. The van der Waals surface area contributed by atoms with Gasteiger partial charge in [0.2, 0.25) is 0 Å². The highest BCUT2D eigenvalue weighted by molar-refractivity contribution is 7.99. The summed E-state index contributed by atoms with van der Waals surface area (Å²) >= 11 is 1.45. The molecule has 0 N–H and O–H groups in total. The highest BCUT2D eigenvalue weighted by atomic mass is 32.2. The molecule has 1 fully saturated rings. The summed E-state index contributed by atoms with van der Waals surface area (Å²) in [5.74, 6) is 2.63. The topological polar surface area (TPSA) is 57.0 Å². The van der Waals surface area contributed by atoms with Crippen molar-refractivity contribution in [1.29, 1.82) is 0 Å². The van der Waals surface area contributed by atoms with E-state index in [2.05, 4.69) is 21.7 Å². The third-order valence-corrected chi connectivity index (χ3v) is 4.96. The summed E-state index contributed by atoms with van der Waals surface area (Å²) in [6.45, 7) is 4.90. The molecule has 3 rings (SSSR count). The van der Waals surface area contributed by atoms with E-state index in [4.69, 9.17) is 4.74 Å². The molecule has 1 saturated carbocycles. The molecule has 0 aliphatic heterocycles. The minimum Gasteiger partial charge on any atom is -0.496 e. The maximum Gasteiger partial charge on any atom is 0.191 e. The zero-order valence-electron chi connectivity index (χ0n) is 13.7. The quantitative estimate of drug-likeness (QED) is 0.574. The van der Waals surface area contributed by atoms with E-state index in [9.17, 15) is 4.79 Å². The fourth-order valence-corrected chi connectivity index (χ4v) is 3.49. The van der Waals surface area contributed by atoms with Gasteiger partial charge in [0.25, 0.3) is 0 Å². The fourth-order valence-electron chi connectivity index (χ4n) is 2.60. The van der Waals surface area contributed by atoms with Crippen molar-refractivity contribution in [3.8, 4) is 5.75 Å². The molecule has 0 radical (unpaired) electrons. The van der Waals surface area contributed by atoms with Gasteiger partial charge in [0, 0.05) is 12.5 Å². The summed E-state index contributed by atoms with van der Waals surface area (Å²) in [7, 11) is 1.59. The molecule has 1 aromatic heterocycles. The Bertz CT molecular complexity index is 723. The molecule has 23 heavy (non-hydrogen) atoms. The van der Waals surface area contributed by atoms with Gasteiger partial charge in [-0.1, -0.05) is 23.4 Å². The van der Waals surface area contributed by atoms with E-state index in [1.165, 1.54) is 24.6 Å². The number of thioether (sulfide) groups is 1. The van der Waals surface area contributed by atoms with Crippen LogP contribution in [0.2, 0.25) is 0 Å². The van der Waals surface area contributed by atoms with Crippen LogP contribution < -0.4 is 4.74 Å². The van der Waals surface area contributed by atoms with Gasteiger partial charge in [-0.2, -0.15) is 0 Å². The summed E-state index contributed by atoms with van der Waals surface area (Å²) in [4.78, 5) is 12.5. The zero-order chi connectivity index (χ0) is 16.4. The third kappa shape index (κ3) is 3.42. The van der Waals surface area contributed by atoms with E-state index < -0.39 is 0 Å². The summed E-state index contributed by atoms with van der Waals surface area (Å²) in [6, 6.07) is 5.66. The molecule has 0 saturated heterocycles. The minimum absolute atomic E-state index is 0.0502. The van der Waals surface area contributed by atoms with Gasteiger partial charge in [-0.05, 0) is 38.8 Å². The lowest BCUT2D eigenvalue weighted by atomic mass is 10.1. The Morgan fingerprint density at radius 2 is 2.17 bits per heavy atom. The van der Waals surface area contributed by atoms with Crippen LogP contribution in [0.15, 0.2) is 23.4 Å². The van der Waals surface area contributed by atoms with E-state index in [-0.39, 0.29) is 5.78 Å².